The Balaban J connectivity index is 1.80. The summed E-state index contributed by atoms with van der Waals surface area (Å²) in [5.74, 6) is -0.785. The van der Waals surface area contributed by atoms with Crippen LogP contribution in [0.1, 0.15) is 21.0 Å². The van der Waals surface area contributed by atoms with Crippen LogP contribution in [-0.4, -0.2) is 16.1 Å². The highest BCUT2D eigenvalue weighted by Gasteiger charge is 2.04. The van der Waals surface area contributed by atoms with Gasteiger partial charge >= 0.3 is 5.97 Å². The van der Waals surface area contributed by atoms with Gasteiger partial charge in [-0.3, -0.25) is 9.78 Å². The number of pyridine rings is 1. The predicted octanol–water partition coefficient (Wildman–Crippen LogP) is 2.37. The first-order valence-electron chi connectivity index (χ1n) is 6.05. The summed E-state index contributed by atoms with van der Waals surface area (Å²) >= 11 is 1.54. The second-order valence-corrected chi connectivity index (χ2v) is 5.60. The van der Waals surface area contributed by atoms with Gasteiger partial charge in [0.1, 0.15) is 0 Å². The lowest BCUT2D eigenvalue weighted by molar-refractivity contribution is -0.136. The van der Waals surface area contributed by atoms with Crippen LogP contribution in [0.3, 0.4) is 0 Å². The van der Waals surface area contributed by atoms with Crippen molar-refractivity contribution in [1.29, 1.82) is 0 Å². The molecule has 0 radical (unpaired) electrons. The van der Waals surface area contributed by atoms with Crippen LogP contribution in [0.5, 0.6) is 0 Å². The molecule has 0 aromatic carbocycles. The zero-order valence-electron chi connectivity index (χ0n) is 10.7. The molecule has 0 aliphatic rings. The summed E-state index contributed by atoms with van der Waals surface area (Å²) in [7, 11) is 0. The molecule has 0 amide bonds. The first-order valence-corrected chi connectivity index (χ1v) is 6.87. The van der Waals surface area contributed by atoms with Crippen molar-refractivity contribution >= 4 is 17.3 Å². The molecule has 0 atom stereocenters. The van der Waals surface area contributed by atoms with E-state index in [0.717, 1.165) is 34.1 Å². The normalized spacial score (nSPS) is 10.6. The third kappa shape index (κ3) is 4.46. The molecule has 2 N–H and O–H groups in total. The van der Waals surface area contributed by atoms with Crippen molar-refractivity contribution in [3.8, 4) is 0 Å². The van der Waals surface area contributed by atoms with Crippen molar-refractivity contribution in [3.63, 3.8) is 0 Å². The van der Waals surface area contributed by atoms with Crippen molar-refractivity contribution in [2.45, 2.75) is 26.4 Å². The number of carbonyl (C=O) groups is 1. The van der Waals surface area contributed by atoms with E-state index in [2.05, 4.69) is 16.4 Å². The molecule has 100 valence electrons. The summed E-state index contributed by atoms with van der Waals surface area (Å²) in [6.07, 6.45) is 1.97. The molecule has 5 heteroatoms. The van der Waals surface area contributed by atoms with Gasteiger partial charge in [-0.05, 0) is 30.7 Å². The van der Waals surface area contributed by atoms with E-state index in [1.807, 2.05) is 31.3 Å². The Morgan fingerprint density at radius 3 is 2.74 bits per heavy atom. The van der Waals surface area contributed by atoms with Gasteiger partial charge in [0.15, 0.2) is 0 Å². The standard InChI is InChI=1S/C14H16N2O2S/c1-10-2-3-11(8-16-10)7-15-9-13-5-4-12(19-13)6-14(17)18/h2-5,8,15H,6-7,9H2,1H3,(H,17,18). The molecule has 2 heterocycles. The highest BCUT2D eigenvalue weighted by molar-refractivity contribution is 7.12. The van der Waals surface area contributed by atoms with E-state index in [1.165, 1.54) is 11.3 Å². The molecule has 0 bridgehead atoms. The van der Waals surface area contributed by atoms with Crippen molar-refractivity contribution < 1.29 is 9.90 Å². The fourth-order valence-corrected chi connectivity index (χ4v) is 2.67. The van der Waals surface area contributed by atoms with Gasteiger partial charge in [-0.2, -0.15) is 0 Å². The number of hydrogen-bond donors (Lipinski definition) is 2. The lowest BCUT2D eigenvalue weighted by atomic mass is 10.2. The van der Waals surface area contributed by atoms with E-state index in [0.29, 0.717) is 0 Å². The minimum atomic E-state index is -0.785. The third-order valence-corrected chi connectivity index (χ3v) is 3.73. The fraction of sp³-hybridized carbons (Fsp3) is 0.286. The van der Waals surface area contributed by atoms with Crippen molar-refractivity contribution in [1.82, 2.24) is 10.3 Å². The maximum atomic E-state index is 10.6. The van der Waals surface area contributed by atoms with Gasteiger partial charge in [0.05, 0.1) is 6.42 Å². The fourth-order valence-electron chi connectivity index (χ4n) is 1.69. The average molecular weight is 276 g/mol. The van der Waals surface area contributed by atoms with E-state index in [9.17, 15) is 4.79 Å². The molecular weight excluding hydrogens is 260 g/mol. The Labute approximate surface area is 116 Å². The molecule has 19 heavy (non-hydrogen) atoms. The van der Waals surface area contributed by atoms with E-state index in [1.54, 1.807) is 0 Å². The van der Waals surface area contributed by atoms with E-state index < -0.39 is 5.97 Å². The Morgan fingerprint density at radius 2 is 2.05 bits per heavy atom. The number of aromatic nitrogens is 1. The van der Waals surface area contributed by atoms with E-state index in [4.69, 9.17) is 5.11 Å². The topological polar surface area (TPSA) is 62.2 Å². The van der Waals surface area contributed by atoms with Gasteiger partial charge in [0, 0.05) is 34.7 Å². The van der Waals surface area contributed by atoms with Gasteiger partial charge in [0.25, 0.3) is 0 Å². The molecule has 0 spiro atoms. The Bertz CT molecular complexity index is 549. The Hall–Kier alpha value is -1.72. The average Bonchev–Trinajstić information content (AvgIpc) is 2.78. The van der Waals surface area contributed by atoms with Crippen LogP contribution in [0.15, 0.2) is 30.5 Å². The van der Waals surface area contributed by atoms with Crippen molar-refractivity contribution in [3.05, 3.63) is 51.5 Å². The van der Waals surface area contributed by atoms with Crippen LogP contribution in [-0.2, 0) is 24.3 Å². The second-order valence-electron chi connectivity index (χ2n) is 4.35. The summed E-state index contributed by atoms with van der Waals surface area (Å²) in [6.45, 7) is 3.48. The zero-order chi connectivity index (χ0) is 13.7. The zero-order valence-corrected chi connectivity index (χ0v) is 11.5. The predicted molar refractivity (Wildman–Crippen MR) is 75.2 cm³/mol. The highest BCUT2D eigenvalue weighted by atomic mass is 32.1. The molecule has 0 aliphatic carbocycles. The molecule has 0 aliphatic heterocycles. The number of hydrogen-bond acceptors (Lipinski definition) is 4. The van der Waals surface area contributed by atoms with Crippen LogP contribution >= 0.6 is 11.3 Å². The molecule has 2 aromatic heterocycles. The molecule has 4 nitrogen and oxygen atoms in total. The third-order valence-electron chi connectivity index (χ3n) is 2.64. The summed E-state index contributed by atoms with van der Waals surface area (Å²) < 4.78 is 0. The monoisotopic (exact) mass is 276 g/mol. The number of aliphatic carboxylic acids is 1. The molecule has 2 aromatic rings. The first kappa shape index (κ1) is 13.7. The van der Waals surface area contributed by atoms with E-state index in [-0.39, 0.29) is 6.42 Å². The Kier molecular flexibility index (Phi) is 4.65. The number of nitrogens with one attached hydrogen (secondary N) is 1. The van der Waals surface area contributed by atoms with Crippen molar-refractivity contribution in [2.75, 3.05) is 0 Å². The smallest absolute Gasteiger partial charge is 0.308 e. The second kappa shape index (κ2) is 6.45. The van der Waals surface area contributed by atoms with Gasteiger partial charge in [-0.15, -0.1) is 11.3 Å². The summed E-state index contributed by atoms with van der Waals surface area (Å²) in [5, 5.41) is 12.0. The lowest BCUT2D eigenvalue weighted by Crippen LogP contribution is -2.11. The first-order chi connectivity index (χ1) is 9.13. The number of thiophene rings is 1. The summed E-state index contributed by atoms with van der Waals surface area (Å²) in [5.41, 5.74) is 2.16. The van der Waals surface area contributed by atoms with Crippen LogP contribution < -0.4 is 5.32 Å². The number of nitrogens with zero attached hydrogens (tertiary/aromatic N) is 1. The molecule has 0 unspecified atom stereocenters. The molecule has 0 saturated carbocycles. The SMILES string of the molecule is Cc1ccc(CNCc2ccc(CC(=O)O)s2)cn1. The van der Waals surface area contributed by atoms with Gasteiger partial charge in [-0.1, -0.05) is 6.07 Å². The Morgan fingerprint density at radius 1 is 1.26 bits per heavy atom. The lowest BCUT2D eigenvalue weighted by Gasteiger charge is -2.03. The quantitative estimate of drug-likeness (QED) is 0.850. The van der Waals surface area contributed by atoms with Gasteiger partial charge < -0.3 is 10.4 Å². The number of carboxylic acid groups (broad SMARTS) is 1. The van der Waals surface area contributed by atoms with Crippen LogP contribution in [0.2, 0.25) is 0 Å². The molecule has 2 rings (SSSR count). The number of aryl methyl sites for hydroxylation is 1. The maximum absolute atomic E-state index is 10.6. The maximum Gasteiger partial charge on any atom is 0.308 e. The minimum Gasteiger partial charge on any atom is -0.481 e. The van der Waals surface area contributed by atoms with Crippen LogP contribution in [0, 0.1) is 6.92 Å². The van der Waals surface area contributed by atoms with Crippen molar-refractivity contribution in [2.24, 2.45) is 0 Å². The molecule has 0 saturated heterocycles. The minimum absolute atomic E-state index is 0.104. The van der Waals surface area contributed by atoms with Crippen LogP contribution in [0.4, 0.5) is 0 Å². The van der Waals surface area contributed by atoms with E-state index >= 15 is 0 Å². The molecular formula is C14H16N2O2S. The number of rotatable bonds is 6. The summed E-state index contributed by atoms with van der Waals surface area (Å²) in [4.78, 5) is 16.9. The van der Waals surface area contributed by atoms with Gasteiger partial charge in [0.2, 0.25) is 0 Å². The molecule has 0 fully saturated rings. The highest BCUT2D eigenvalue weighted by Crippen LogP contribution is 2.17. The van der Waals surface area contributed by atoms with Crippen LogP contribution in [0.25, 0.3) is 0 Å². The number of carboxylic acids is 1. The van der Waals surface area contributed by atoms with Gasteiger partial charge in [-0.25, -0.2) is 0 Å². The summed E-state index contributed by atoms with van der Waals surface area (Å²) in [6, 6.07) is 7.90. The largest absolute Gasteiger partial charge is 0.481 e.